The summed E-state index contributed by atoms with van der Waals surface area (Å²) >= 11 is 0. The predicted octanol–water partition coefficient (Wildman–Crippen LogP) is 1.48. The van der Waals surface area contributed by atoms with Crippen molar-refractivity contribution in [1.82, 2.24) is 10.2 Å². The summed E-state index contributed by atoms with van der Waals surface area (Å²) in [6, 6.07) is 9.68. The predicted molar refractivity (Wildman–Crippen MR) is 103 cm³/mol. The lowest BCUT2D eigenvalue weighted by Gasteiger charge is -2.33. The van der Waals surface area contributed by atoms with Gasteiger partial charge in [0, 0.05) is 31.6 Å². The summed E-state index contributed by atoms with van der Waals surface area (Å²) in [5, 5.41) is 14.8. The number of nitrogens with one attached hydrogen (secondary N) is 1. The minimum absolute atomic E-state index is 0.00153. The van der Waals surface area contributed by atoms with Crippen LogP contribution in [0.2, 0.25) is 0 Å². The van der Waals surface area contributed by atoms with Gasteiger partial charge in [0.05, 0.1) is 13.2 Å². The van der Waals surface area contributed by atoms with Gasteiger partial charge in [-0.2, -0.15) is 0 Å². The molecule has 0 bridgehead atoms. The molecule has 0 spiro atoms. The fourth-order valence-electron chi connectivity index (χ4n) is 5.55. The van der Waals surface area contributed by atoms with E-state index < -0.39 is 5.60 Å². The van der Waals surface area contributed by atoms with E-state index in [0.29, 0.717) is 25.0 Å². The molecule has 0 radical (unpaired) electrons. The van der Waals surface area contributed by atoms with E-state index in [1.54, 1.807) is 0 Å². The summed E-state index contributed by atoms with van der Waals surface area (Å²) < 4.78 is 11.1. The normalized spacial score (nSPS) is 33.0. The average Bonchev–Trinajstić information content (AvgIpc) is 3.28. The van der Waals surface area contributed by atoms with Gasteiger partial charge in [0.1, 0.15) is 0 Å². The Labute approximate surface area is 166 Å². The first kappa shape index (κ1) is 18.6. The fraction of sp³-hybridized carbons (Fsp3) is 0.682. The Hall–Kier alpha value is -1.47. The first-order valence-electron chi connectivity index (χ1n) is 10.7. The highest BCUT2D eigenvalue weighted by molar-refractivity contribution is 5.87. The zero-order valence-corrected chi connectivity index (χ0v) is 16.3. The molecule has 5 rings (SSSR count). The van der Waals surface area contributed by atoms with Gasteiger partial charge in [0.25, 0.3) is 5.91 Å². The molecule has 1 aromatic carbocycles. The molecule has 4 aliphatic rings. The van der Waals surface area contributed by atoms with Crippen LogP contribution in [0.1, 0.15) is 31.2 Å². The first-order valence-corrected chi connectivity index (χ1v) is 10.7. The van der Waals surface area contributed by atoms with Crippen molar-refractivity contribution in [3.63, 3.8) is 0 Å². The van der Waals surface area contributed by atoms with Crippen LogP contribution in [0.15, 0.2) is 30.3 Å². The Morgan fingerprint density at radius 3 is 2.39 bits per heavy atom. The molecule has 6 heteroatoms. The van der Waals surface area contributed by atoms with Gasteiger partial charge in [0.2, 0.25) is 0 Å². The maximum atomic E-state index is 13.3. The van der Waals surface area contributed by atoms with Crippen LogP contribution in [0, 0.1) is 17.8 Å². The van der Waals surface area contributed by atoms with Crippen molar-refractivity contribution in [2.45, 2.75) is 43.6 Å². The van der Waals surface area contributed by atoms with Crippen molar-refractivity contribution in [3.05, 3.63) is 35.9 Å². The maximum Gasteiger partial charge on any atom is 0.257 e. The third kappa shape index (κ3) is 3.26. The van der Waals surface area contributed by atoms with Crippen LogP contribution in [-0.2, 0) is 19.9 Å². The Bertz CT molecular complexity index is 690. The van der Waals surface area contributed by atoms with Gasteiger partial charge < -0.3 is 19.9 Å². The highest BCUT2D eigenvalue weighted by Gasteiger charge is 2.58. The number of carbonyl (C=O) groups is 1. The second-order valence-corrected chi connectivity index (χ2v) is 8.83. The molecule has 1 amide bonds. The summed E-state index contributed by atoms with van der Waals surface area (Å²) in [4.78, 5) is 15.6. The smallest absolute Gasteiger partial charge is 0.257 e. The number of amides is 1. The molecule has 28 heavy (non-hydrogen) atoms. The number of likely N-dealkylation sites (tertiary alicyclic amines) is 1. The maximum absolute atomic E-state index is 13.3. The van der Waals surface area contributed by atoms with Crippen LogP contribution >= 0.6 is 0 Å². The Morgan fingerprint density at radius 1 is 1.11 bits per heavy atom. The van der Waals surface area contributed by atoms with E-state index in [2.05, 4.69) is 10.2 Å². The van der Waals surface area contributed by atoms with Gasteiger partial charge in [-0.05, 0) is 30.2 Å². The van der Waals surface area contributed by atoms with Gasteiger partial charge in [-0.15, -0.1) is 0 Å². The Balaban J connectivity index is 1.22. The van der Waals surface area contributed by atoms with Crippen LogP contribution in [0.5, 0.6) is 0 Å². The third-order valence-corrected chi connectivity index (χ3v) is 7.17. The van der Waals surface area contributed by atoms with Crippen LogP contribution in [0.3, 0.4) is 0 Å². The number of piperidine rings is 1. The Kier molecular flexibility index (Phi) is 4.91. The molecular weight excluding hydrogens is 356 g/mol. The van der Waals surface area contributed by atoms with E-state index in [1.807, 2.05) is 30.3 Å². The van der Waals surface area contributed by atoms with Crippen molar-refractivity contribution >= 4 is 5.91 Å². The van der Waals surface area contributed by atoms with Gasteiger partial charge in [-0.25, -0.2) is 0 Å². The van der Waals surface area contributed by atoms with E-state index in [0.717, 1.165) is 50.9 Å². The zero-order valence-electron chi connectivity index (χ0n) is 16.3. The molecule has 2 saturated heterocycles. The number of rotatable bonds is 6. The SMILES string of the molecule is O=C(NC1C2CN(CC3OCCO3)C[C@@H]21)C(O)(c1ccccc1)C1CCCC1. The first-order chi connectivity index (χ1) is 13.7. The lowest BCUT2D eigenvalue weighted by atomic mass is 9.79. The van der Waals surface area contributed by atoms with Crippen molar-refractivity contribution in [2.75, 3.05) is 32.8 Å². The van der Waals surface area contributed by atoms with E-state index >= 15 is 0 Å². The lowest BCUT2D eigenvalue weighted by Crippen LogP contribution is -2.51. The third-order valence-electron chi connectivity index (χ3n) is 7.17. The number of fused-ring (bicyclic) bond motifs is 1. The molecule has 2 aliphatic carbocycles. The molecule has 0 aromatic heterocycles. The number of ether oxygens (including phenoxy) is 2. The summed E-state index contributed by atoms with van der Waals surface area (Å²) in [7, 11) is 0. The van der Waals surface area contributed by atoms with Crippen molar-refractivity contribution < 1.29 is 19.4 Å². The molecule has 2 heterocycles. The van der Waals surface area contributed by atoms with E-state index in [9.17, 15) is 9.90 Å². The molecule has 6 nitrogen and oxygen atoms in total. The minimum Gasteiger partial charge on any atom is -0.375 e. The van der Waals surface area contributed by atoms with Crippen molar-refractivity contribution in [3.8, 4) is 0 Å². The number of aliphatic hydroxyl groups is 1. The molecule has 3 unspecified atom stereocenters. The fourth-order valence-corrected chi connectivity index (χ4v) is 5.55. The second-order valence-electron chi connectivity index (χ2n) is 8.83. The molecule has 1 aromatic rings. The van der Waals surface area contributed by atoms with Gasteiger partial charge >= 0.3 is 0 Å². The average molecular weight is 386 g/mol. The molecular formula is C22H30N2O4. The zero-order chi connectivity index (χ0) is 19.1. The summed E-state index contributed by atoms with van der Waals surface area (Å²) in [5.74, 6) is 0.753. The highest BCUT2D eigenvalue weighted by Crippen LogP contribution is 2.47. The topological polar surface area (TPSA) is 71.0 Å². The summed E-state index contributed by atoms with van der Waals surface area (Å²) in [6.45, 7) is 4.11. The standard InChI is InChI=1S/C22H30N2O4/c25-21(22(26,16-8-4-5-9-16)15-6-2-1-3-7-15)23-20-17-12-24(13-18(17)20)14-19-27-10-11-28-19/h1-3,6-7,16-20,26H,4-5,8-14H2,(H,23,25)/t17-,18?,20?,22?/m0/s1. The van der Waals surface area contributed by atoms with Crippen LogP contribution in [0.4, 0.5) is 0 Å². The lowest BCUT2D eigenvalue weighted by molar-refractivity contribution is -0.147. The largest absolute Gasteiger partial charge is 0.375 e. The van der Waals surface area contributed by atoms with Crippen molar-refractivity contribution in [1.29, 1.82) is 0 Å². The highest BCUT2D eigenvalue weighted by atomic mass is 16.7. The number of carbonyl (C=O) groups excluding carboxylic acids is 1. The van der Waals surface area contributed by atoms with Crippen LogP contribution in [-0.4, -0.2) is 61.1 Å². The quantitative estimate of drug-likeness (QED) is 0.775. The molecule has 4 atom stereocenters. The number of nitrogens with zero attached hydrogens (tertiary/aromatic N) is 1. The summed E-state index contributed by atoms with van der Waals surface area (Å²) in [5.41, 5.74) is -0.692. The summed E-state index contributed by atoms with van der Waals surface area (Å²) in [6.07, 6.45) is 3.89. The van der Waals surface area contributed by atoms with Gasteiger partial charge in [-0.1, -0.05) is 43.2 Å². The van der Waals surface area contributed by atoms with Crippen molar-refractivity contribution in [2.24, 2.45) is 17.8 Å². The van der Waals surface area contributed by atoms with Gasteiger partial charge in [0.15, 0.2) is 11.9 Å². The number of benzene rings is 1. The molecule has 2 aliphatic heterocycles. The molecule has 4 fully saturated rings. The molecule has 2 saturated carbocycles. The number of hydrogen-bond donors (Lipinski definition) is 2. The molecule has 2 N–H and O–H groups in total. The van der Waals surface area contributed by atoms with E-state index in [1.165, 1.54) is 0 Å². The second kappa shape index (κ2) is 7.41. The van der Waals surface area contributed by atoms with Crippen LogP contribution in [0.25, 0.3) is 0 Å². The van der Waals surface area contributed by atoms with Crippen LogP contribution < -0.4 is 5.32 Å². The number of hydrogen-bond acceptors (Lipinski definition) is 5. The minimum atomic E-state index is -1.42. The van der Waals surface area contributed by atoms with E-state index in [4.69, 9.17) is 9.47 Å². The van der Waals surface area contributed by atoms with E-state index in [-0.39, 0.29) is 24.2 Å². The van der Waals surface area contributed by atoms with Gasteiger partial charge in [-0.3, -0.25) is 9.69 Å². The monoisotopic (exact) mass is 386 g/mol. The molecule has 152 valence electrons. The Morgan fingerprint density at radius 2 is 1.75 bits per heavy atom.